The van der Waals surface area contributed by atoms with Crippen LogP contribution in [0.1, 0.15) is 39.1 Å². The summed E-state index contributed by atoms with van der Waals surface area (Å²) in [5.74, 6) is 0. The molecule has 5 aromatic rings. The molecule has 0 saturated heterocycles. The van der Waals surface area contributed by atoms with Crippen molar-refractivity contribution >= 4 is 25.3 Å². The van der Waals surface area contributed by atoms with Crippen LogP contribution >= 0.6 is 0 Å². The van der Waals surface area contributed by atoms with Crippen molar-refractivity contribution in [2.45, 2.75) is 27.7 Å². The highest BCUT2D eigenvalue weighted by atomic mass is 14.9. The fourth-order valence-electron chi connectivity index (χ4n) is 5.67. The molecular formula is C37H31BN2. The number of hydrogen-bond acceptors (Lipinski definition) is 1. The van der Waals surface area contributed by atoms with Gasteiger partial charge in [-0.15, -0.1) is 0 Å². The largest absolute Gasteiger partial charge is 0.397 e. The van der Waals surface area contributed by atoms with Gasteiger partial charge in [0, 0.05) is 28.1 Å². The van der Waals surface area contributed by atoms with Gasteiger partial charge in [0.05, 0.1) is 11.4 Å². The second-order valence-electron chi connectivity index (χ2n) is 10.8. The summed E-state index contributed by atoms with van der Waals surface area (Å²) in [5.41, 5.74) is 15.3. The summed E-state index contributed by atoms with van der Waals surface area (Å²) in [7, 11) is 6.91. The van der Waals surface area contributed by atoms with Crippen LogP contribution in [0.15, 0.2) is 120 Å². The molecule has 0 saturated carbocycles. The molecule has 2 heterocycles. The molecule has 0 bridgehead atoms. The Bertz CT molecular complexity index is 1780. The molecule has 0 unspecified atom stereocenters. The molecule has 192 valence electrons. The molecule has 0 aliphatic carbocycles. The van der Waals surface area contributed by atoms with Crippen LogP contribution in [-0.2, 0) is 0 Å². The average Bonchev–Trinajstić information content (AvgIpc) is 3.50. The molecule has 3 heteroatoms. The highest BCUT2D eigenvalue weighted by molar-refractivity contribution is 6.19. The lowest BCUT2D eigenvalue weighted by Crippen LogP contribution is -1.99. The van der Waals surface area contributed by atoms with E-state index in [1.54, 1.807) is 0 Å². The number of rotatable bonds is 5. The molecule has 40 heavy (non-hydrogen) atoms. The summed E-state index contributed by atoms with van der Waals surface area (Å²) in [6, 6.07) is 36.2. The van der Waals surface area contributed by atoms with Crippen molar-refractivity contribution in [2.24, 2.45) is 4.99 Å². The first-order valence-electron chi connectivity index (χ1n) is 13.7. The van der Waals surface area contributed by atoms with Crippen LogP contribution in [-0.4, -0.2) is 18.2 Å². The number of aliphatic imine (C=N–C) groups is 1. The summed E-state index contributed by atoms with van der Waals surface area (Å²) >= 11 is 0. The molecule has 6 rings (SSSR count). The minimum absolute atomic E-state index is 0.902. The van der Waals surface area contributed by atoms with Gasteiger partial charge in [0.1, 0.15) is 0 Å². The highest BCUT2D eigenvalue weighted by Gasteiger charge is 2.21. The van der Waals surface area contributed by atoms with Gasteiger partial charge in [0.2, 0.25) is 7.98 Å². The molecule has 0 amide bonds. The third-order valence-electron chi connectivity index (χ3n) is 7.35. The molecule has 4 aromatic carbocycles. The molecule has 2 radical (unpaired) electrons. The molecule has 0 spiro atoms. The number of hydrogen-bond donors (Lipinski definition) is 0. The smallest absolute Gasteiger partial charge is 0.234 e. The molecule has 1 aliphatic heterocycles. The van der Waals surface area contributed by atoms with Crippen molar-refractivity contribution in [1.82, 2.24) is 4.48 Å². The highest BCUT2D eigenvalue weighted by Crippen LogP contribution is 2.38. The average molecular weight is 514 g/mol. The maximum atomic E-state index is 6.91. The van der Waals surface area contributed by atoms with E-state index < -0.39 is 0 Å². The topological polar surface area (TPSA) is 17.3 Å². The van der Waals surface area contributed by atoms with Crippen LogP contribution in [0, 0.1) is 27.7 Å². The van der Waals surface area contributed by atoms with Crippen molar-refractivity contribution in [3.8, 4) is 22.4 Å². The summed E-state index contributed by atoms with van der Waals surface area (Å²) in [6.45, 7) is 8.56. The number of aryl methyl sites for hydroxylation is 4. The van der Waals surface area contributed by atoms with E-state index in [4.69, 9.17) is 13.0 Å². The molecule has 2 nitrogen and oxygen atoms in total. The second kappa shape index (κ2) is 10.5. The van der Waals surface area contributed by atoms with Gasteiger partial charge in [-0.05, 0) is 62.6 Å². The van der Waals surface area contributed by atoms with E-state index in [0.717, 1.165) is 56.2 Å². The van der Waals surface area contributed by atoms with Crippen molar-refractivity contribution in [1.29, 1.82) is 0 Å². The normalized spacial score (nSPS) is 13.9. The quantitative estimate of drug-likeness (QED) is 0.208. The van der Waals surface area contributed by atoms with Gasteiger partial charge in [-0.1, -0.05) is 119 Å². The third kappa shape index (κ3) is 5.03. The lowest BCUT2D eigenvalue weighted by Gasteiger charge is -2.11. The van der Waals surface area contributed by atoms with Gasteiger partial charge < -0.3 is 4.48 Å². The number of benzene rings is 4. The molecular weight excluding hydrogens is 483 g/mol. The number of allylic oxidation sites excluding steroid dienone is 2. The summed E-state index contributed by atoms with van der Waals surface area (Å²) < 4.78 is 1.81. The van der Waals surface area contributed by atoms with Crippen molar-refractivity contribution in [3.63, 3.8) is 0 Å². The molecule has 0 fully saturated rings. The molecule has 1 aromatic heterocycles. The van der Waals surface area contributed by atoms with E-state index in [1.807, 2.05) is 28.7 Å². The van der Waals surface area contributed by atoms with Gasteiger partial charge in [-0.2, -0.15) is 0 Å². The van der Waals surface area contributed by atoms with E-state index >= 15 is 0 Å². The molecule has 1 aliphatic rings. The van der Waals surface area contributed by atoms with Crippen molar-refractivity contribution in [2.75, 3.05) is 0 Å². The predicted octanol–water partition coefficient (Wildman–Crippen LogP) is 8.91. The first-order chi connectivity index (χ1) is 19.4. The Hall–Kier alpha value is -4.63. The minimum atomic E-state index is 0.902. The SMILES string of the molecule is [B]n1c(-c2ccccc2)cc(-c2cc(C)cc(C)c2)c1/C=C1\N=C(c2ccccc2)C=C1c1cc(C)cc(C)c1. The first kappa shape index (κ1) is 25.6. The Kier molecular flexibility index (Phi) is 6.73. The minimum Gasteiger partial charge on any atom is -0.397 e. The molecule has 0 N–H and O–H groups in total. The fourth-order valence-corrected chi connectivity index (χ4v) is 5.67. The lowest BCUT2D eigenvalue weighted by atomic mass is 9.96. The Morgan fingerprint density at radius 3 is 1.70 bits per heavy atom. The third-order valence-corrected chi connectivity index (χ3v) is 7.35. The zero-order valence-corrected chi connectivity index (χ0v) is 23.4. The molecule has 0 atom stereocenters. The van der Waals surface area contributed by atoms with Gasteiger partial charge in [0.25, 0.3) is 0 Å². The van der Waals surface area contributed by atoms with Crippen LogP contribution in [0.3, 0.4) is 0 Å². The van der Waals surface area contributed by atoms with Crippen LogP contribution in [0.5, 0.6) is 0 Å². The van der Waals surface area contributed by atoms with E-state index in [0.29, 0.717) is 0 Å². The summed E-state index contributed by atoms with van der Waals surface area (Å²) in [6.07, 6.45) is 4.35. The maximum absolute atomic E-state index is 6.91. The van der Waals surface area contributed by atoms with Crippen molar-refractivity contribution in [3.05, 3.63) is 154 Å². The van der Waals surface area contributed by atoms with Crippen LogP contribution < -0.4 is 0 Å². The number of aromatic nitrogens is 1. The Labute approximate surface area is 238 Å². The van der Waals surface area contributed by atoms with Crippen molar-refractivity contribution < 1.29 is 0 Å². The van der Waals surface area contributed by atoms with E-state index in [1.165, 1.54) is 22.3 Å². The van der Waals surface area contributed by atoms with Gasteiger partial charge >= 0.3 is 0 Å². The van der Waals surface area contributed by atoms with E-state index in [-0.39, 0.29) is 0 Å². The fraction of sp³-hybridized carbons (Fsp3) is 0.108. The Morgan fingerprint density at radius 2 is 1.12 bits per heavy atom. The summed E-state index contributed by atoms with van der Waals surface area (Å²) in [4.78, 5) is 5.18. The van der Waals surface area contributed by atoms with Crippen LogP contribution in [0.25, 0.3) is 34.0 Å². The second-order valence-corrected chi connectivity index (χ2v) is 10.8. The zero-order valence-electron chi connectivity index (χ0n) is 23.4. The summed E-state index contributed by atoms with van der Waals surface area (Å²) in [5, 5.41) is 0. The van der Waals surface area contributed by atoms with E-state index in [9.17, 15) is 0 Å². The monoisotopic (exact) mass is 514 g/mol. The standard InChI is InChI=1S/C37H31BN2/c1-24-15-25(2)18-30(17-24)32-21-34(28-11-7-5-8-12-28)39-35(32)23-37-33(31-19-26(3)16-27(4)20-31)22-36(40(37)38)29-13-9-6-10-14-29/h5-23H,1-4H3/b35-23-. The Morgan fingerprint density at radius 1 is 0.600 bits per heavy atom. The van der Waals surface area contributed by atoms with Gasteiger partial charge in [-0.25, -0.2) is 4.99 Å². The first-order valence-corrected chi connectivity index (χ1v) is 13.7. The van der Waals surface area contributed by atoms with Gasteiger partial charge in [0.15, 0.2) is 0 Å². The van der Waals surface area contributed by atoms with Crippen LogP contribution in [0.4, 0.5) is 0 Å². The lowest BCUT2D eigenvalue weighted by molar-refractivity contribution is 1.23. The number of nitrogens with zero attached hydrogens (tertiary/aromatic N) is 2. The van der Waals surface area contributed by atoms with Crippen LogP contribution in [0.2, 0.25) is 0 Å². The van der Waals surface area contributed by atoms with E-state index in [2.05, 4.69) is 119 Å². The zero-order chi connectivity index (χ0) is 27.8. The maximum Gasteiger partial charge on any atom is 0.234 e. The predicted molar refractivity (Wildman–Crippen MR) is 171 cm³/mol. The van der Waals surface area contributed by atoms with Gasteiger partial charge in [-0.3, -0.25) is 0 Å². The Balaban J connectivity index is 1.59.